The first-order valence-electron chi connectivity index (χ1n) is 6.78. The van der Waals surface area contributed by atoms with Crippen LogP contribution in [0.1, 0.15) is 15.9 Å². The van der Waals surface area contributed by atoms with Gasteiger partial charge in [-0.3, -0.25) is 0 Å². The summed E-state index contributed by atoms with van der Waals surface area (Å²) in [6.07, 6.45) is 0. The van der Waals surface area contributed by atoms with Crippen LogP contribution in [0, 0.1) is 0 Å². The molecular weight excluding hydrogens is 267 g/mol. The smallest absolute Gasteiger partial charge is 0.337 e. The molecule has 0 unspecified atom stereocenters. The molecule has 5 heteroatoms. The van der Waals surface area contributed by atoms with Crippen LogP contribution >= 0.6 is 0 Å². The maximum Gasteiger partial charge on any atom is 0.337 e. The van der Waals surface area contributed by atoms with Gasteiger partial charge < -0.3 is 14.1 Å². The number of esters is 1. The van der Waals surface area contributed by atoms with Gasteiger partial charge in [0.05, 0.1) is 19.3 Å². The third kappa shape index (κ3) is 2.78. The van der Waals surface area contributed by atoms with Gasteiger partial charge in [-0.1, -0.05) is 12.9 Å². The van der Waals surface area contributed by atoms with Gasteiger partial charge in [-0.05, 0) is 47.4 Å². The number of carbonyl (C=O) groups is 1. The van der Waals surface area contributed by atoms with Gasteiger partial charge in [-0.15, -0.1) is 0 Å². The lowest BCUT2D eigenvalue weighted by Gasteiger charge is -2.08. The van der Waals surface area contributed by atoms with E-state index in [1.807, 2.05) is 25.0 Å². The number of fused-ring (bicyclic) bond motifs is 1. The van der Waals surface area contributed by atoms with Crippen molar-refractivity contribution >= 4 is 18.3 Å². The molecule has 0 N–H and O–H groups in total. The van der Waals surface area contributed by atoms with Gasteiger partial charge in [0.25, 0.3) is 0 Å². The molecule has 2 aromatic rings. The first-order chi connectivity index (χ1) is 10.2. The van der Waals surface area contributed by atoms with Crippen molar-refractivity contribution in [2.45, 2.75) is 13.4 Å². The average Bonchev–Trinajstić information content (AvgIpc) is 2.88. The number of hydrogen-bond donors (Lipinski definition) is 0. The molecule has 21 heavy (non-hydrogen) atoms. The Bertz CT molecular complexity index is 666. The predicted octanol–water partition coefficient (Wildman–Crippen LogP) is 2.62. The molecule has 0 spiro atoms. The molecule has 0 aliphatic carbocycles. The Morgan fingerprint density at radius 1 is 1.14 bits per heavy atom. The van der Waals surface area contributed by atoms with Crippen LogP contribution in [0.3, 0.4) is 0 Å². The molecule has 0 radical (unpaired) electrons. The second kappa shape index (κ2) is 5.62. The second-order valence-electron chi connectivity index (χ2n) is 4.93. The van der Waals surface area contributed by atoms with Crippen molar-refractivity contribution in [2.75, 3.05) is 7.11 Å². The zero-order chi connectivity index (χ0) is 14.8. The van der Waals surface area contributed by atoms with E-state index in [1.54, 1.807) is 24.3 Å². The fourth-order valence-corrected chi connectivity index (χ4v) is 2.38. The fraction of sp³-hybridized carbons (Fsp3) is 0.188. The van der Waals surface area contributed by atoms with Gasteiger partial charge in [0.1, 0.15) is 11.5 Å². The summed E-state index contributed by atoms with van der Waals surface area (Å²) in [4.78, 5) is 11.4. The molecule has 0 saturated heterocycles. The van der Waals surface area contributed by atoms with E-state index < -0.39 is 0 Å². The number of carbonyl (C=O) groups excluding carboxylic acids is 1. The second-order valence-corrected chi connectivity index (χ2v) is 4.93. The highest BCUT2D eigenvalue weighted by Crippen LogP contribution is 2.24. The molecule has 0 atom stereocenters. The van der Waals surface area contributed by atoms with Gasteiger partial charge in [0.2, 0.25) is 0 Å². The predicted molar refractivity (Wildman–Crippen MR) is 80.3 cm³/mol. The summed E-state index contributed by atoms with van der Waals surface area (Å²) < 4.78 is 16.0. The molecule has 1 heterocycles. The lowest BCUT2D eigenvalue weighted by Crippen LogP contribution is -2.23. The molecule has 0 bridgehead atoms. The van der Waals surface area contributed by atoms with Gasteiger partial charge in [0.15, 0.2) is 0 Å². The molecule has 0 saturated carbocycles. The van der Waals surface area contributed by atoms with E-state index in [2.05, 4.69) is 4.74 Å². The molecule has 3 rings (SSSR count). The maximum absolute atomic E-state index is 11.4. The van der Waals surface area contributed by atoms with Crippen molar-refractivity contribution in [3.63, 3.8) is 0 Å². The monoisotopic (exact) mass is 282 g/mol. The van der Waals surface area contributed by atoms with Crippen LogP contribution in [0.4, 0.5) is 0 Å². The number of rotatable bonds is 3. The van der Waals surface area contributed by atoms with Crippen LogP contribution in [0.15, 0.2) is 42.5 Å². The lowest BCUT2D eigenvalue weighted by atomic mass is 9.64. The van der Waals surface area contributed by atoms with E-state index in [0.717, 1.165) is 11.3 Å². The highest BCUT2D eigenvalue weighted by atomic mass is 16.5. The SMILES string of the molecule is COC(=O)c1ccc(Oc2ccc3c(c2)COB3C)cc1. The van der Waals surface area contributed by atoms with Crippen LogP contribution in [0.2, 0.25) is 6.82 Å². The summed E-state index contributed by atoms with van der Waals surface area (Å²) in [6, 6.07) is 12.8. The molecule has 106 valence electrons. The van der Waals surface area contributed by atoms with Crippen LogP contribution in [-0.2, 0) is 16.0 Å². The van der Waals surface area contributed by atoms with Crippen LogP contribution in [-0.4, -0.2) is 20.0 Å². The lowest BCUT2D eigenvalue weighted by molar-refractivity contribution is 0.0600. The van der Waals surface area contributed by atoms with Crippen molar-refractivity contribution in [1.82, 2.24) is 0 Å². The minimum absolute atomic E-state index is 0.147. The Labute approximate surface area is 123 Å². The minimum Gasteiger partial charge on any atom is -0.465 e. The van der Waals surface area contributed by atoms with Crippen molar-refractivity contribution in [1.29, 1.82) is 0 Å². The maximum atomic E-state index is 11.4. The normalized spacial score (nSPS) is 13.0. The number of benzene rings is 2. The quantitative estimate of drug-likeness (QED) is 0.641. The first kappa shape index (κ1) is 13.7. The summed E-state index contributed by atoms with van der Waals surface area (Å²) >= 11 is 0. The van der Waals surface area contributed by atoms with Crippen molar-refractivity contribution in [3.05, 3.63) is 53.6 Å². The Morgan fingerprint density at radius 3 is 2.57 bits per heavy atom. The van der Waals surface area contributed by atoms with Gasteiger partial charge >= 0.3 is 12.9 Å². The summed E-state index contributed by atoms with van der Waals surface area (Å²) in [5.74, 6) is 1.08. The van der Waals surface area contributed by atoms with Crippen LogP contribution < -0.4 is 10.2 Å². The molecule has 0 aromatic heterocycles. The summed E-state index contributed by atoms with van der Waals surface area (Å²) in [5.41, 5.74) is 2.87. The van der Waals surface area contributed by atoms with E-state index >= 15 is 0 Å². The van der Waals surface area contributed by atoms with Gasteiger partial charge in [0, 0.05) is 0 Å². The topological polar surface area (TPSA) is 44.8 Å². The Kier molecular flexibility index (Phi) is 3.67. The van der Waals surface area contributed by atoms with E-state index in [9.17, 15) is 4.79 Å². The zero-order valence-electron chi connectivity index (χ0n) is 12.0. The number of ether oxygens (including phenoxy) is 2. The average molecular weight is 282 g/mol. The molecule has 1 aliphatic heterocycles. The molecule has 2 aromatic carbocycles. The zero-order valence-corrected chi connectivity index (χ0v) is 12.0. The standard InChI is InChI=1S/C16H15BO4/c1-17-15-8-7-14(9-12(15)10-20-17)21-13-5-3-11(4-6-13)16(18)19-2/h3-9H,10H2,1-2H3. The molecule has 0 fully saturated rings. The molecular formula is C16H15BO4. The van der Waals surface area contributed by atoms with E-state index in [-0.39, 0.29) is 12.9 Å². The summed E-state index contributed by atoms with van der Waals surface area (Å²) in [5, 5.41) is 0. The third-order valence-corrected chi connectivity index (χ3v) is 3.55. The van der Waals surface area contributed by atoms with E-state index in [1.165, 1.54) is 12.6 Å². The highest BCUT2D eigenvalue weighted by Gasteiger charge is 2.23. The fourth-order valence-electron chi connectivity index (χ4n) is 2.38. The third-order valence-electron chi connectivity index (χ3n) is 3.55. The minimum atomic E-state index is -0.356. The highest BCUT2D eigenvalue weighted by molar-refractivity contribution is 6.67. The van der Waals surface area contributed by atoms with Gasteiger partial charge in [-0.25, -0.2) is 4.79 Å². The van der Waals surface area contributed by atoms with Crippen molar-refractivity contribution in [2.24, 2.45) is 0 Å². The molecule has 1 aliphatic rings. The van der Waals surface area contributed by atoms with E-state index in [4.69, 9.17) is 9.39 Å². The van der Waals surface area contributed by atoms with Gasteiger partial charge in [-0.2, -0.15) is 0 Å². The van der Waals surface area contributed by atoms with E-state index in [0.29, 0.717) is 17.9 Å². The Balaban J connectivity index is 1.76. The summed E-state index contributed by atoms with van der Waals surface area (Å²) in [6.45, 7) is 2.81. The summed E-state index contributed by atoms with van der Waals surface area (Å²) in [7, 11) is 1.36. The number of methoxy groups -OCH3 is 1. The Morgan fingerprint density at radius 2 is 1.86 bits per heavy atom. The van der Waals surface area contributed by atoms with Crippen molar-refractivity contribution < 1.29 is 18.9 Å². The number of hydrogen-bond acceptors (Lipinski definition) is 4. The van der Waals surface area contributed by atoms with Crippen LogP contribution in [0.5, 0.6) is 11.5 Å². The first-order valence-corrected chi connectivity index (χ1v) is 6.78. The molecule has 4 nitrogen and oxygen atoms in total. The largest absolute Gasteiger partial charge is 0.465 e. The van der Waals surface area contributed by atoms with Crippen LogP contribution in [0.25, 0.3) is 0 Å². The Hall–Kier alpha value is -2.27. The van der Waals surface area contributed by atoms with Crippen molar-refractivity contribution in [3.8, 4) is 11.5 Å². The molecule has 0 amide bonds.